The van der Waals surface area contributed by atoms with Gasteiger partial charge in [0.05, 0.1) is 22.9 Å². The summed E-state index contributed by atoms with van der Waals surface area (Å²) in [7, 11) is -3.88. The lowest BCUT2D eigenvalue weighted by Crippen LogP contribution is -2.61. The number of hydrogen-bond acceptors (Lipinski definition) is 7. The predicted molar refractivity (Wildman–Crippen MR) is 128 cm³/mol. The highest BCUT2D eigenvalue weighted by Gasteiger charge is 2.42. The molecule has 1 saturated carbocycles. The molecule has 35 heavy (non-hydrogen) atoms. The summed E-state index contributed by atoms with van der Waals surface area (Å²) in [5, 5.41) is 10.6. The highest BCUT2D eigenvalue weighted by molar-refractivity contribution is 7.89. The van der Waals surface area contributed by atoms with Gasteiger partial charge in [-0.1, -0.05) is 11.3 Å². The molecule has 0 spiro atoms. The van der Waals surface area contributed by atoms with E-state index in [0.717, 1.165) is 24.2 Å². The summed E-state index contributed by atoms with van der Waals surface area (Å²) in [6, 6.07) is 4.62. The van der Waals surface area contributed by atoms with Crippen molar-refractivity contribution in [3.05, 3.63) is 29.4 Å². The van der Waals surface area contributed by atoms with Crippen molar-refractivity contribution in [3.63, 3.8) is 0 Å². The van der Waals surface area contributed by atoms with Gasteiger partial charge in [0, 0.05) is 30.4 Å². The molecule has 0 aromatic carbocycles. The smallest absolute Gasteiger partial charge is 0.291 e. The van der Waals surface area contributed by atoms with Gasteiger partial charge in [-0.2, -0.15) is 0 Å². The van der Waals surface area contributed by atoms with Crippen LogP contribution in [-0.4, -0.2) is 59.9 Å². The van der Waals surface area contributed by atoms with Gasteiger partial charge < -0.3 is 14.6 Å². The maximum Gasteiger partial charge on any atom is 0.291 e. The van der Waals surface area contributed by atoms with Crippen molar-refractivity contribution in [3.8, 4) is 10.7 Å². The number of rotatable bonds is 7. The Bertz CT molecular complexity index is 1350. The molecule has 1 aliphatic heterocycles. The van der Waals surface area contributed by atoms with E-state index in [9.17, 15) is 21.6 Å². The van der Waals surface area contributed by atoms with Crippen LogP contribution in [0.3, 0.4) is 0 Å². The largest absolute Gasteiger partial charge is 0.364 e. The van der Waals surface area contributed by atoms with Gasteiger partial charge in [0.2, 0.25) is 10.0 Å². The van der Waals surface area contributed by atoms with Crippen molar-refractivity contribution in [2.24, 2.45) is 0 Å². The first-order valence-electron chi connectivity index (χ1n) is 11.4. The lowest BCUT2D eigenvalue weighted by atomic mass is 10.0. The van der Waals surface area contributed by atoms with Gasteiger partial charge in [0.25, 0.3) is 6.43 Å². The van der Waals surface area contributed by atoms with Crippen molar-refractivity contribution in [2.45, 2.75) is 68.6 Å². The molecule has 4 heterocycles. The molecular formula is C22H27F3N6O2S2. The van der Waals surface area contributed by atoms with Gasteiger partial charge in [-0.25, -0.2) is 26.3 Å². The molecule has 0 amide bonds. The van der Waals surface area contributed by atoms with Gasteiger partial charge in [-0.05, 0) is 51.8 Å². The minimum atomic E-state index is -3.88. The first kappa shape index (κ1) is 24.5. The molecular weight excluding hydrogens is 501 g/mol. The third kappa shape index (κ3) is 4.54. The maximum atomic E-state index is 13.7. The Morgan fingerprint density at radius 2 is 2.03 bits per heavy atom. The van der Waals surface area contributed by atoms with Crippen molar-refractivity contribution < 1.29 is 21.6 Å². The standard InChI is InChI=1S/C22H27F3N6O2S2/c1-12-13(2)30(10-14(9-23)26-12)18-8-15(35(32,33)29-22(3)6-7-22)11-31-16(18)4-5-17(31)20-27-28-21(34-20)19(24)25/h4-5,8,11-14,19,26,29H,6-7,9-10H2,1-3H3/t12-,13+,14+/m0/s1. The van der Waals surface area contributed by atoms with Crippen LogP contribution < -0.4 is 14.9 Å². The fourth-order valence-corrected chi connectivity index (χ4v) is 6.67. The summed E-state index contributed by atoms with van der Waals surface area (Å²) < 4.78 is 71.1. The van der Waals surface area contributed by atoms with Crippen LogP contribution in [0.1, 0.15) is 45.0 Å². The van der Waals surface area contributed by atoms with E-state index in [0.29, 0.717) is 23.4 Å². The van der Waals surface area contributed by atoms with Gasteiger partial charge in [0.15, 0.2) is 10.0 Å². The average molecular weight is 529 g/mol. The zero-order valence-corrected chi connectivity index (χ0v) is 21.1. The normalized spacial score (nSPS) is 24.4. The van der Waals surface area contributed by atoms with Crippen LogP contribution in [0, 0.1) is 0 Å². The van der Waals surface area contributed by atoms with E-state index < -0.39 is 39.7 Å². The molecule has 190 valence electrons. The third-order valence-electron chi connectivity index (χ3n) is 6.88. The second kappa shape index (κ2) is 8.71. The van der Waals surface area contributed by atoms with Crippen LogP contribution in [0.2, 0.25) is 0 Å². The van der Waals surface area contributed by atoms with Crippen LogP contribution in [0.4, 0.5) is 18.9 Å². The lowest BCUT2D eigenvalue weighted by molar-refractivity contribution is 0.150. The number of hydrogen-bond donors (Lipinski definition) is 2. The van der Waals surface area contributed by atoms with E-state index >= 15 is 0 Å². The number of sulfonamides is 1. The molecule has 0 bridgehead atoms. The molecule has 2 fully saturated rings. The van der Waals surface area contributed by atoms with Crippen molar-refractivity contribution in [2.75, 3.05) is 18.1 Å². The Morgan fingerprint density at radius 1 is 1.29 bits per heavy atom. The number of halogens is 3. The molecule has 2 N–H and O–H groups in total. The SMILES string of the molecule is C[C@@H]1N[C@H](CF)CN(c2cc(S(=O)(=O)NC3(C)CC3)cn3c(-c4nnc(C(F)F)s4)ccc23)[C@@H]1C. The maximum absolute atomic E-state index is 13.7. The summed E-state index contributed by atoms with van der Waals surface area (Å²) >= 11 is 0.762. The van der Waals surface area contributed by atoms with Crippen molar-refractivity contribution in [1.82, 2.24) is 24.6 Å². The van der Waals surface area contributed by atoms with Gasteiger partial charge in [-0.3, -0.25) is 0 Å². The topological polar surface area (TPSA) is 91.6 Å². The summed E-state index contributed by atoms with van der Waals surface area (Å²) in [5.41, 5.74) is 1.27. The molecule has 3 aromatic rings. The number of pyridine rings is 1. The fourth-order valence-electron chi connectivity index (χ4n) is 4.47. The zero-order valence-electron chi connectivity index (χ0n) is 19.5. The Balaban J connectivity index is 1.68. The number of alkyl halides is 3. The predicted octanol–water partition coefficient (Wildman–Crippen LogP) is 3.75. The third-order valence-corrected chi connectivity index (χ3v) is 9.44. The minimum Gasteiger partial charge on any atom is -0.364 e. The number of piperazine rings is 1. The van der Waals surface area contributed by atoms with Gasteiger partial charge >= 0.3 is 0 Å². The molecule has 1 saturated heterocycles. The summed E-state index contributed by atoms with van der Waals surface area (Å²) in [5.74, 6) is 0. The number of anilines is 1. The van der Waals surface area contributed by atoms with Crippen LogP contribution in [-0.2, 0) is 10.0 Å². The second-order valence-corrected chi connectivity index (χ2v) is 12.3. The summed E-state index contributed by atoms with van der Waals surface area (Å²) in [6.45, 7) is 5.60. The molecule has 0 unspecified atom stereocenters. The molecule has 2 aliphatic rings. The first-order valence-corrected chi connectivity index (χ1v) is 13.7. The van der Waals surface area contributed by atoms with Gasteiger partial charge in [0.1, 0.15) is 11.6 Å². The number of fused-ring (bicyclic) bond motifs is 1. The van der Waals surface area contributed by atoms with Crippen LogP contribution >= 0.6 is 11.3 Å². The van der Waals surface area contributed by atoms with E-state index in [1.54, 1.807) is 22.6 Å². The molecule has 3 aromatic heterocycles. The molecule has 0 radical (unpaired) electrons. The monoisotopic (exact) mass is 528 g/mol. The number of nitrogens with one attached hydrogen (secondary N) is 2. The van der Waals surface area contributed by atoms with E-state index in [-0.39, 0.29) is 22.0 Å². The Hall–Kier alpha value is -2.22. The Kier molecular flexibility index (Phi) is 6.09. The first-order chi connectivity index (χ1) is 16.5. The molecule has 3 atom stereocenters. The highest BCUT2D eigenvalue weighted by Crippen LogP contribution is 2.38. The van der Waals surface area contributed by atoms with Crippen LogP contribution in [0.15, 0.2) is 29.3 Å². The summed E-state index contributed by atoms with van der Waals surface area (Å²) in [4.78, 5) is 2.05. The summed E-state index contributed by atoms with van der Waals surface area (Å²) in [6.07, 6.45) is 0.237. The number of aromatic nitrogens is 3. The molecule has 8 nitrogen and oxygen atoms in total. The molecule has 5 rings (SSSR count). The fraction of sp³-hybridized carbons (Fsp3) is 0.545. The van der Waals surface area contributed by atoms with Crippen molar-refractivity contribution >= 4 is 32.6 Å². The Labute approximate surface area is 205 Å². The average Bonchev–Trinajstić information content (AvgIpc) is 3.19. The zero-order chi connectivity index (χ0) is 25.1. The minimum absolute atomic E-state index is 0.0411. The van der Waals surface area contributed by atoms with Crippen molar-refractivity contribution in [1.29, 1.82) is 0 Å². The van der Waals surface area contributed by atoms with E-state index in [4.69, 9.17) is 0 Å². The molecule has 1 aliphatic carbocycles. The van der Waals surface area contributed by atoms with Crippen LogP contribution in [0.5, 0.6) is 0 Å². The quantitative estimate of drug-likeness (QED) is 0.486. The highest BCUT2D eigenvalue weighted by atomic mass is 32.2. The number of nitrogens with zero attached hydrogens (tertiary/aromatic N) is 4. The van der Waals surface area contributed by atoms with E-state index in [1.165, 1.54) is 6.20 Å². The van der Waals surface area contributed by atoms with Gasteiger partial charge in [-0.15, -0.1) is 10.2 Å². The lowest BCUT2D eigenvalue weighted by Gasteiger charge is -2.44. The second-order valence-electron chi connectivity index (χ2n) is 9.65. The van der Waals surface area contributed by atoms with E-state index in [2.05, 4.69) is 20.2 Å². The van der Waals surface area contributed by atoms with Crippen LogP contribution in [0.25, 0.3) is 16.2 Å². The van der Waals surface area contributed by atoms with E-state index in [1.807, 2.05) is 25.7 Å². The molecule has 13 heteroatoms. The Morgan fingerprint density at radius 3 is 2.66 bits per heavy atom.